The third kappa shape index (κ3) is 4.71. The van der Waals surface area contributed by atoms with E-state index in [-0.39, 0.29) is 31.1 Å². The number of rotatable bonds is 5. The standard InChI is InChI=1S/C17H17ClN2O4/c18-13-6-7-15(22)14(10-13)19-16(23)17(24)20(8-9-21)11-12-4-2-1-3-5-12/h1-7,10,21-22H,8-9,11H2,(H,19,23). The number of hydrogen-bond donors (Lipinski definition) is 3. The second-order valence-corrected chi connectivity index (χ2v) is 5.49. The van der Waals surface area contributed by atoms with E-state index >= 15 is 0 Å². The van der Waals surface area contributed by atoms with Crippen molar-refractivity contribution >= 4 is 29.1 Å². The molecule has 0 fully saturated rings. The highest BCUT2D eigenvalue weighted by Gasteiger charge is 2.22. The summed E-state index contributed by atoms with van der Waals surface area (Å²) in [7, 11) is 0. The van der Waals surface area contributed by atoms with Crippen LogP contribution in [0, 0.1) is 0 Å². The third-order valence-corrected chi connectivity index (χ3v) is 3.51. The number of benzene rings is 2. The Morgan fingerprint density at radius 2 is 1.83 bits per heavy atom. The summed E-state index contributed by atoms with van der Waals surface area (Å²) in [4.78, 5) is 25.7. The van der Waals surface area contributed by atoms with Gasteiger partial charge in [0.2, 0.25) is 0 Å². The van der Waals surface area contributed by atoms with E-state index in [1.54, 1.807) is 0 Å². The average molecular weight is 349 g/mol. The van der Waals surface area contributed by atoms with Gasteiger partial charge in [0.05, 0.1) is 12.3 Å². The van der Waals surface area contributed by atoms with Gasteiger partial charge in [-0.3, -0.25) is 9.59 Å². The van der Waals surface area contributed by atoms with Crippen LogP contribution in [-0.2, 0) is 16.1 Å². The second-order valence-electron chi connectivity index (χ2n) is 5.05. The number of halogens is 1. The summed E-state index contributed by atoms with van der Waals surface area (Å²) in [6, 6.07) is 13.2. The molecule has 0 aliphatic carbocycles. The van der Waals surface area contributed by atoms with Crippen LogP contribution in [0.25, 0.3) is 0 Å². The molecule has 0 unspecified atom stereocenters. The molecule has 24 heavy (non-hydrogen) atoms. The lowest BCUT2D eigenvalue weighted by atomic mass is 10.2. The maximum Gasteiger partial charge on any atom is 0.314 e. The summed E-state index contributed by atoms with van der Waals surface area (Å²) in [6.45, 7) is -0.0634. The van der Waals surface area contributed by atoms with E-state index in [2.05, 4.69) is 5.32 Å². The van der Waals surface area contributed by atoms with Gasteiger partial charge in [-0.1, -0.05) is 41.9 Å². The van der Waals surface area contributed by atoms with E-state index in [1.165, 1.54) is 23.1 Å². The Morgan fingerprint density at radius 1 is 1.12 bits per heavy atom. The number of anilines is 1. The zero-order valence-corrected chi connectivity index (χ0v) is 13.5. The first-order chi connectivity index (χ1) is 11.5. The minimum Gasteiger partial charge on any atom is -0.506 e. The van der Waals surface area contributed by atoms with Crippen LogP contribution in [0.5, 0.6) is 5.75 Å². The summed E-state index contributed by atoms with van der Waals surface area (Å²) >= 11 is 5.81. The first-order valence-electron chi connectivity index (χ1n) is 7.25. The van der Waals surface area contributed by atoms with Crippen LogP contribution in [0.4, 0.5) is 5.69 Å². The molecular formula is C17H17ClN2O4. The van der Waals surface area contributed by atoms with Crippen molar-refractivity contribution in [3.63, 3.8) is 0 Å². The number of phenolic OH excluding ortho intramolecular Hbond substituents is 1. The maximum absolute atomic E-state index is 12.3. The predicted molar refractivity (Wildman–Crippen MR) is 90.7 cm³/mol. The third-order valence-electron chi connectivity index (χ3n) is 3.27. The minimum atomic E-state index is -0.919. The quantitative estimate of drug-likeness (QED) is 0.569. The fourth-order valence-corrected chi connectivity index (χ4v) is 2.28. The number of phenols is 1. The largest absolute Gasteiger partial charge is 0.506 e. The number of aliphatic hydroxyl groups is 1. The Morgan fingerprint density at radius 3 is 2.50 bits per heavy atom. The fraction of sp³-hybridized carbons (Fsp3) is 0.176. The molecule has 0 saturated carbocycles. The number of amides is 2. The number of nitrogens with one attached hydrogen (secondary N) is 1. The molecule has 2 aromatic rings. The molecule has 0 aliphatic heterocycles. The number of aromatic hydroxyl groups is 1. The van der Waals surface area contributed by atoms with Crippen molar-refractivity contribution in [3.8, 4) is 5.75 Å². The van der Waals surface area contributed by atoms with Gasteiger partial charge < -0.3 is 20.4 Å². The molecule has 0 radical (unpaired) electrons. The van der Waals surface area contributed by atoms with Gasteiger partial charge in [0, 0.05) is 18.1 Å². The van der Waals surface area contributed by atoms with Crippen LogP contribution < -0.4 is 5.32 Å². The Bertz CT molecular complexity index is 722. The SMILES string of the molecule is O=C(Nc1cc(Cl)ccc1O)C(=O)N(CCO)Cc1ccccc1. The average Bonchev–Trinajstić information content (AvgIpc) is 2.58. The van der Waals surface area contributed by atoms with Crippen LogP contribution in [0.1, 0.15) is 5.56 Å². The Labute approximate surface area is 144 Å². The highest BCUT2D eigenvalue weighted by molar-refractivity contribution is 6.40. The lowest BCUT2D eigenvalue weighted by Gasteiger charge is -2.21. The zero-order chi connectivity index (χ0) is 17.5. The molecule has 6 nitrogen and oxygen atoms in total. The number of hydrogen-bond acceptors (Lipinski definition) is 4. The Balaban J connectivity index is 2.10. The number of carbonyl (C=O) groups excluding carboxylic acids is 2. The van der Waals surface area contributed by atoms with Crippen LogP contribution in [0.15, 0.2) is 48.5 Å². The molecule has 0 aromatic heterocycles. The molecule has 2 aromatic carbocycles. The normalized spacial score (nSPS) is 10.2. The minimum absolute atomic E-state index is 0.0165. The van der Waals surface area contributed by atoms with E-state index in [1.807, 2.05) is 30.3 Å². The van der Waals surface area contributed by atoms with Crippen molar-refractivity contribution in [3.05, 3.63) is 59.1 Å². The molecule has 0 aliphatic rings. The van der Waals surface area contributed by atoms with Crippen molar-refractivity contribution in [2.24, 2.45) is 0 Å². The van der Waals surface area contributed by atoms with E-state index < -0.39 is 11.8 Å². The van der Waals surface area contributed by atoms with E-state index in [0.717, 1.165) is 5.56 Å². The van der Waals surface area contributed by atoms with Crippen molar-refractivity contribution in [1.82, 2.24) is 4.90 Å². The predicted octanol–water partition coefficient (Wildman–Crippen LogP) is 2.01. The van der Waals surface area contributed by atoms with Gasteiger partial charge in [0.25, 0.3) is 0 Å². The van der Waals surface area contributed by atoms with E-state index in [4.69, 9.17) is 16.7 Å². The van der Waals surface area contributed by atoms with Gasteiger partial charge in [-0.25, -0.2) is 0 Å². The first kappa shape index (κ1) is 17.8. The van der Waals surface area contributed by atoms with Crippen molar-refractivity contribution in [1.29, 1.82) is 0 Å². The van der Waals surface area contributed by atoms with Crippen LogP contribution in [-0.4, -0.2) is 40.1 Å². The summed E-state index contributed by atoms with van der Waals surface area (Å²) in [6.07, 6.45) is 0. The van der Waals surface area contributed by atoms with Gasteiger partial charge in [-0.05, 0) is 23.8 Å². The molecule has 3 N–H and O–H groups in total. The first-order valence-corrected chi connectivity index (χ1v) is 7.62. The molecule has 0 heterocycles. The van der Waals surface area contributed by atoms with Crippen LogP contribution >= 0.6 is 11.6 Å². The lowest BCUT2D eigenvalue weighted by Crippen LogP contribution is -2.40. The summed E-state index contributed by atoms with van der Waals surface area (Å²) in [5, 5.41) is 21.5. The molecule has 2 rings (SSSR count). The molecular weight excluding hydrogens is 332 g/mol. The molecule has 0 bridgehead atoms. The lowest BCUT2D eigenvalue weighted by molar-refractivity contribution is -0.143. The highest BCUT2D eigenvalue weighted by atomic mass is 35.5. The summed E-state index contributed by atoms with van der Waals surface area (Å²) in [5.41, 5.74) is 0.877. The molecule has 0 spiro atoms. The van der Waals surface area contributed by atoms with Gasteiger partial charge in [0.1, 0.15) is 5.75 Å². The summed E-state index contributed by atoms with van der Waals surface area (Å²) in [5.74, 6) is -1.93. The van der Waals surface area contributed by atoms with Crippen molar-refractivity contribution < 1.29 is 19.8 Å². The van der Waals surface area contributed by atoms with E-state index in [9.17, 15) is 14.7 Å². The number of aliphatic hydroxyl groups excluding tert-OH is 1. The van der Waals surface area contributed by atoms with Crippen molar-refractivity contribution in [2.75, 3.05) is 18.5 Å². The summed E-state index contributed by atoms with van der Waals surface area (Å²) < 4.78 is 0. The topological polar surface area (TPSA) is 89.9 Å². The molecule has 0 saturated heterocycles. The Kier molecular flexibility index (Phi) is 6.17. The van der Waals surface area contributed by atoms with Gasteiger partial charge >= 0.3 is 11.8 Å². The monoisotopic (exact) mass is 348 g/mol. The Hall–Kier alpha value is -2.57. The molecule has 0 atom stereocenters. The maximum atomic E-state index is 12.3. The number of nitrogens with zero attached hydrogens (tertiary/aromatic N) is 1. The van der Waals surface area contributed by atoms with Crippen LogP contribution in [0.3, 0.4) is 0 Å². The van der Waals surface area contributed by atoms with E-state index in [0.29, 0.717) is 5.02 Å². The smallest absolute Gasteiger partial charge is 0.314 e. The zero-order valence-electron chi connectivity index (χ0n) is 12.8. The molecule has 126 valence electrons. The molecule has 7 heteroatoms. The molecule has 2 amide bonds. The fourth-order valence-electron chi connectivity index (χ4n) is 2.10. The van der Waals surface area contributed by atoms with Gasteiger partial charge in [-0.15, -0.1) is 0 Å². The van der Waals surface area contributed by atoms with Crippen molar-refractivity contribution in [2.45, 2.75) is 6.54 Å². The van der Waals surface area contributed by atoms with Gasteiger partial charge in [0.15, 0.2) is 0 Å². The van der Waals surface area contributed by atoms with Gasteiger partial charge in [-0.2, -0.15) is 0 Å². The second kappa shape index (κ2) is 8.33. The van der Waals surface area contributed by atoms with Crippen LogP contribution in [0.2, 0.25) is 5.02 Å². The number of carbonyl (C=O) groups is 2. The highest BCUT2D eigenvalue weighted by Crippen LogP contribution is 2.26.